The summed E-state index contributed by atoms with van der Waals surface area (Å²) < 4.78 is 10.9. The van der Waals surface area contributed by atoms with Crippen LogP contribution in [0.1, 0.15) is 13.3 Å². The third kappa shape index (κ3) is 4.53. The number of carbonyl (C=O) groups is 3. The number of hydrogen-bond donors (Lipinski definition) is 2. The molecule has 0 aromatic heterocycles. The van der Waals surface area contributed by atoms with E-state index in [0.717, 1.165) is 0 Å². The molecule has 3 rings (SSSR count). The van der Waals surface area contributed by atoms with Gasteiger partial charge >= 0.3 is 12.0 Å². The van der Waals surface area contributed by atoms with Gasteiger partial charge in [0.05, 0.1) is 24.3 Å². The molecule has 152 valence electrons. The molecule has 2 fully saturated rings. The summed E-state index contributed by atoms with van der Waals surface area (Å²) in [7, 11) is 0. The minimum atomic E-state index is -0.933. The summed E-state index contributed by atoms with van der Waals surface area (Å²) in [6, 6.07) is 6.46. The lowest BCUT2D eigenvalue weighted by molar-refractivity contribution is -0.147. The van der Waals surface area contributed by atoms with Gasteiger partial charge in [-0.15, -0.1) is 0 Å². The van der Waals surface area contributed by atoms with Gasteiger partial charge in [-0.25, -0.2) is 4.79 Å². The van der Waals surface area contributed by atoms with E-state index in [1.807, 2.05) is 0 Å². The second-order valence-electron chi connectivity index (χ2n) is 7.25. The van der Waals surface area contributed by atoms with Gasteiger partial charge in [0.2, 0.25) is 0 Å². The van der Waals surface area contributed by atoms with Crippen molar-refractivity contribution in [1.29, 1.82) is 0 Å². The van der Waals surface area contributed by atoms with Crippen LogP contribution in [0, 0.1) is 5.41 Å². The Balaban J connectivity index is 1.58. The number of ether oxygens (including phenoxy) is 2. The summed E-state index contributed by atoms with van der Waals surface area (Å²) in [5, 5.41) is 12.1. The van der Waals surface area contributed by atoms with E-state index in [-0.39, 0.29) is 25.1 Å². The van der Waals surface area contributed by atoms with Crippen molar-refractivity contribution in [2.24, 2.45) is 5.41 Å². The first kappa shape index (κ1) is 19.9. The van der Waals surface area contributed by atoms with Crippen molar-refractivity contribution >= 4 is 23.6 Å². The molecule has 9 heteroatoms. The normalized spacial score (nSPS) is 22.0. The zero-order valence-corrected chi connectivity index (χ0v) is 15.8. The molecule has 28 heavy (non-hydrogen) atoms. The van der Waals surface area contributed by atoms with E-state index in [0.29, 0.717) is 50.7 Å². The number of benzene rings is 1. The van der Waals surface area contributed by atoms with Gasteiger partial charge in [0.25, 0.3) is 5.91 Å². The molecule has 0 radical (unpaired) electrons. The standard InChI is InChI=1S/C19H25N3O6/c1-19(17(24)25)6-7-22(13-19)18(26)20-14-4-2-3-5-15(14)28-12-16(23)21-8-10-27-11-9-21/h2-5H,6-13H2,1H3,(H,20,26)(H,24,25). The van der Waals surface area contributed by atoms with Gasteiger partial charge in [0.15, 0.2) is 6.61 Å². The first-order valence-corrected chi connectivity index (χ1v) is 9.26. The Kier molecular flexibility index (Phi) is 6.03. The maximum Gasteiger partial charge on any atom is 0.321 e. The topological polar surface area (TPSA) is 108 Å². The van der Waals surface area contributed by atoms with Gasteiger partial charge < -0.3 is 29.7 Å². The Morgan fingerprint density at radius 3 is 2.57 bits per heavy atom. The quantitative estimate of drug-likeness (QED) is 0.782. The molecule has 1 aromatic rings. The molecule has 0 spiro atoms. The number of nitrogens with zero attached hydrogens (tertiary/aromatic N) is 2. The molecule has 2 aliphatic heterocycles. The Bertz CT molecular complexity index is 749. The number of aliphatic carboxylic acids is 1. The molecule has 1 atom stereocenters. The Morgan fingerprint density at radius 2 is 1.89 bits per heavy atom. The largest absolute Gasteiger partial charge is 0.482 e. The molecule has 2 saturated heterocycles. The molecule has 2 aliphatic rings. The Morgan fingerprint density at radius 1 is 1.18 bits per heavy atom. The summed E-state index contributed by atoms with van der Waals surface area (Å²) in [6.45, 7) is 4.13. The van der Waals surface area contributed by atoms with Gasteiger partial charge in [0, 0.05) is 26.2 Å². The van der Waals surface area contributed by atoms with Crippen molar-refractivity contribution < 1.29 is 29.0 Å². The van der Waals surface area contributed by atoms with Gasteiger partial charge in [-0.05, 0) is 25.5 Å². The van der Waals surface area contributed by atoms with Gasteiger partial charge in [-0.3, -0.25) is 9.59 Å². The molecule has 0 saturated carbocycles. The van der Waals surface area contributed by atoms with Crippen molar-refractivity contribution in [1.82, 2.24) is 9.80 Å². The van der Waals surface area contributed by atoms with E-state index in [2.05, 4.69) is 5.32 Å². The van der Waals surface area contributed by atoms with Crippen LogP contribution in [0.3, 0.4) is 0 Å². The van der Waals surface area contributed by atoms with Crippen molar-refractivity contribution in [2.45, 2.75) is 13.3 Å². The highest BCUT2D eigenvalue weighted by atomic mass is 16.5. The predicted molar refractivity (Wildman–Crippen MR) is 100 cm³/mol. The third-order valence-corrected chi connectivity index (χ3v) is 5.12. The first-order chi connectivity index (χ1) is 13.4. The second kappa shape index (κ2) is 8.47. The average molecular weight is 391 g/mol. The average Bonchev–Trinajstić information content (AvgIpc) is 3.11. The van der Waals surface area contributed by atoms with Crippen LogP contribution in [0.2, 0.25) is 0 Å². The number of carboxylic acid groups (broad SMARTS) is 1. The highest BCUT2D eigenvalue weighted by Gasteiger charge is 2.42. The minimum absolute atomic E-state index is 0.131. The van der Waals surface area contributed by atoms with Gasteiger partial charge in [-0.2, -0.15) is 0 Å². The summed E-state index contributed by atoms with van der Waals surface area (Å²) in [5.74, 6) is -0.660. The number of likely N-dealkylation sites (tertiary alicyclic amines) is 1. The van der Waals surface area contributed by atoms with E-state index in [1.165, 1.54) is 4.90 Å². The minimum Gasteiger partial charge on any atom is -0.482 e. The SMILES string of the molecule is CC1(C(=O)O)CCN(C(=O)Nc2ccccc2OCC(=O)N2CCOCC2)C1. The van der Waals surface area contributed by atoms with Crippen molar-refractivity contribution in [3.8, 4) is 5.75 Å². The second-order valence-corrected chi connectivity index (χ2v) is 7.25. The van der Waals surface area contributed by atoms with E-state index >= 15 is 0 Å². The van der Waals surface area contributed by atoms with Crippen molar-refractivity contribution in [2.75, 3.05) is 51.3 Å². The highest BCUT2D eigenvalue weighted by molar-refractivity contribution is 5.92. The fourth-order valence-corrected chi connectivity index (χ4v) is 3.24. The number of carbonyl (C=O) groups excluding carboxylic acids is 2. The monoisotopic (exact) mass is 391 g/mol. The first-order valence-electron chi connectivity index (χ1n) is 9.26. The number of morpholine rings is 1. The molecular formula is C19H25N3O6. The number of para-hydroxylation sites is 2. The smallest absolute Gasteiger partial charge is 0.321 e. The maximum absolute atomic E-state index is 12.5. The fourth-order valence-electron chi connectivity index (χ4n) is 3.24. The van der Waals surface area contributed by atoms with E-state index in [1.54, 1.807) is 36.1 Å². The lowest BCUT2D eigenvalue weighted by Gasteiger charge is -2.27. The van der Waals surface area contributed by atoms with Crippen LogP contribution in [0.4, 0.5) is 10.5 Å². The van der Waals surface area contributed by atoms with Crippen LogP contribution in [0.15, 0.2) is 24.3 Å². The van der Waals surface area contributed by atoms with E-state index < -0.39 is 11.4 Å². The lowest BCUT2D eigenvalue weighted by atomic mass is 9.90. The van der Waals surface area contributed by atoms with Crippen molar-refractivity contribution in [3.63, 3.8) is 0 Å². The number of nitrogens with one attached hydrogen (secondary N) is 1. The molecule has 1 aromatic carbocycles. The van der Waals surface area contributed by atoms with Gasteiger partial charge in [-0.1, -0.05) is 12.1 Å². The molecule has 2 N–H and O–H groups in total. The molecule has 0 bridgehead atoms. The van der Waals surface area contributed by atoms with Gasteiger partial charge in [0.1, 0.15) is 5.75 Å². The number of carboxylic acids is 1. The number of amides is 3. The number of anilines is 1. The highest BCUT2D eigenvalue weighted by Crippen LogP contribution is 2.31. The Hall–Kier alpha value is -2.81. The summed E-state index contributed by atoms with van der Waals surface area (Å²) in [4.78, 5) is 39.3. The maximum atomic E-state index is 12.5. The van der Waals surface area contributed by atoms with Crippen molar-refractivity contribution in [3.05, 3.63) is 24.3 Å². The van der Waals surface area contributed by atoms with E-state index in [9.17, 15) is 19.5 Å². The molecule has 2 heterocycles. The predicted octanol–water partition coefficient (Wildman–Crippen LogP) is 1.25. The molecule has 9 nitrogen and oxygen atoms in total. The van der Waals surface area contributed by atoms with Crippen LogP contribution >= 0.6 is 0 Å². The van der Waals surface area contributed by atoms with Crippen LogP contribution in [0.25, 0.3) is 0 Å². The number of hydrogen-bond acceptors (Lipinski definition) is 5. The summed E-state index contributed by atoms with van der Waals surface area (Å²) >= 11 is 0. The fraction of sp³-hybridized carbons (Fsp3) is 0.526. The summed E-state index contributed by atoms with van der Waals surface area (Å²) in [5.41, 5.74) is -0.496. The van der Waals surface area contributed by atoms with Crippen LogP contribution in [0.5, 0.6) is 5.75 Å². The number of urea groups is 1. The van der Waals surface area contributed by atoms with Crippen LogP contribution in [-0.2, 0) is 14.3 Å². The molecular weight excluding hydrogens is 366 g/mol. The molecule has 0 aliphatic carbocycles. The zero-order valence-electron chi connectivity index (χ0n) is 15.8. The van der Waals surface area contributed by atoms with Crippen LogP contribution in [-0.4, -0.2) is 78.8 Å². The summed E-state index contributed by atoms with van der Waals surface area (Å²) in [6.07, 6.45) is 0.405. The van der Waals surface area contributed by atoms with Crippen LogP contribution < -0.4 is 10.1 Å². The zero-order chi connectivity index (χ0) is 20.1. The third-order valence-electron chi connectivity index (χ3n) is 5.12. The molecule has 3 amide bonds. The lowest BCUT2D eigenvalue weighted by Crippen LogP contribution is -2.43. The number of rotatable bonds is 5. The Labute approximate surface area is 163 Å². The molecule has 1 unspecified atom stereocenters. The van der Waals surface area contributed by atoms with E-state index in [4.69, 9.17) is 9.47 Å².